The summed E-state index contributed by atoms with van der Waals surface area (Å²) in [6, 6.07) is 14.0. The Kier molecular flexibility index (Phi) is 4.87. The third kappa shape index (κ3) is 3.77. The number of carbonyl (C=O) groups is 1. The van der Waals surface area contributed by atoms with Crippen molar-refractivity contribution in [3.05, 3.63) is 63.9 Å². The second-order valence-corrected chi connectivity index (χ2v) is 6.91. The first kappa shape index (κ1) is 16.5. The molecule has 3 rings (SSSR count). The molecule has 1 heterocycles. The van der Waals surface area contributed by atoms with Gasteiger partial charge in [-0.2, -0.15) is 0 Å². The predicted octanol–water partition coefficient (Wildman–Crippen LogP) is 3.70. The third-order valence-corrected chi connectivity index (χ3v) is 4.56. The predicted molar refractivity (Wildman–Crippen MR) is 97.8 cm³/mol. The Balaban J connectivity index is 1.75. The monoisotopic (exact) mass is 359 g/mol. The van der Waals surface area contributed by atoms with Crippen molar-refractivity contribution in [2.45, 2.75) is 17.3 Å². The van der Waals surface area contributed by atoms with Crippen LogP contribution in [-0.4, -0.2) is 21.1 Å². The van der Waals surface area contributed by atoms with Crippen molar-refractivity contribution >= 4 is 45.9 Å². The zero-order chi connectivity index (χ0) is 17.1. The molecule has 5 nitrogen and oxygen atoms in total. The molecule has 0 aliphatic heterocycles. The topological polar surface area (TPSA) is 74.8 Å². The smallest absolute Gasteiger partial charge is 0.259 e. The third-order valence-electron chi connectivity index (χ3n) is 3.34. The lowest BCUT2D eigenvalue weighted by Gasteiger charge is -2.11. The van der Waals surface area contributed by atoms with Crippen LogP contribution in [0.1, 0.15) is 6.92 Å². The molecule has 0 spiro atoms. The van der Waals surface area contributed by atoms with Crippen molar-refractivity contribution in [1.82, 2.24) is 9.97 Å². The normalized spacial score (nSPS) is 12.1. The van der Waals surface area contributed by atoms with E-state index in [1.807, 2.05) is 6.07 Å². The standard InChI is InChI=1S/C17H14ClN3O2S/c1-10(15(22)19-12-6-4-5-11(18)9-12)24-17-20-14-8-3-2-7-13(14)16(23)21-17/h2-10H,1H3,(H,19,22)(H,20,21,23). The second-order valence-electron chi connectivity index (χ2n) is 5.15. The molecule has 122 valence electrons. The molecule has 3 aromatic rings. The van der Waals surface area contributed by atoms with E-state index in [2.05, 4.69) is 15.3 Å². The number of rotatable bonds is 4. The van der Waals surface area contributed by atoms with Crippen molar-refractivity contribution in [3.8, 4) is 0 Å². The van der Waals surface area contributed by atoms with Gasteiger partial charge in [0.15, 0.2) is 5.16 Å². The molecular weight excluding hydrogens is 346 g/mol. The summed E-state index contributed by atoms with van der Waals surface area (Å²) in [7, 11) is 0. The Morgan fingerprint density at radius 2 is 2.04 bits per heavy atom. The molecule has 7 heteroatoms. The van der Waals surface area contributed by atoms with E-state index < -0.39 is 5.25 Å². The van der Waals surface area contributed by atoms with Gasteiger partial charge in [0, 0.05) is 10.7 Å². The van der Waals surface area contributed by atoms with E-state index in [0.29, 0.717) is 26.8 Å². The zero-order valence-electron chi connectivity index (χ0n) is 12.7. The number of nitrogens with one attached hydrogen (secondary N) is 2. The highest BCUT2D eigenvalue weighted by Gasteiger charge is 2.16. The molecule has 2 N–H and O–H groups in total. The molecular formula is C17H14ClN3O2S. The number of aromatic amines is 1. The molecule has 0 radical (unpaired) electrons. The molecule has 0 fully saturated rings. The number of hydrogen-bond donors (Lipinski definition) is 2. The maximum atomic E-state index is 12.3. The molecule has 0 saturated heterocycles. The lowest BCUT2D eigenvalue weighted by Crippen LogP contribution is -2.23. The molecule has 0 aliphatic carbocycles. The molecule has 1 atom stereocenters. The summed E-state index contributed by atoms with van der Waals surface area (Å²) in [5.41, 5.74) is 1.01. The van der Waals surface area contributed by atoms with Crippen LogP contribution in [0.2, 0.25) is 5.02 Å². The van der Waals surface area contributed by atoms with Gasteiger partial charge in [-0.15, -0.1) is 0 Å². The minimum Gasteiger partial charge on any atom is -0.325 e. The van der Waals surface area contributed by atoms with Crippen LogP contribution in [0.15, 0.2) is 58.5 Å². The van der Waals surface area contributed by atoms with Crippen LogP contribution in [0, 0.1) is 0 Å². The maximum Gasteiger partial charge on any atom is 0.259 e. The minimum atomic E-state index is -0.437. The molecule has 24 heavy (non-hydrogen) atoms. The minimum absolute atomic E-state index is 0.196. The first-order chi connectivity index (χ1) is 11.5. The van der Waals surface area contributed by atoms with Gasteiger partial charge in [0.1, 0.15) is 0 Å². The van der Waals surface area contributed by atoms with E-state index in [9.17, 15) is 9.59 Å². The van der Waals surface area contributed by atoms with Crippen LogP contribution in [0.4, 0.5) is 5.69 Å². The van der Waals surface area contributed by atoms with Gasteiger partial charge in [-0.3, -0.25) is 9.59 Å². The van der Waals surface area contributed by atoms with Crippen molar-refractivity contribution < 1.29 is 4.79 Å². The van der Waals surface area contributed by atoms with Crippen molar-refractivity contribution in [2.24, 2.45) is 0 Å². The van der Waals surface area contributed by atoms with E-state index in [1.54, 1.807) is 49.4 Å². The van der Waals surface area contributed by atoms with E-state index >= 15 is 0 Å². The fourth-order valence-electron chi connectivity index (χ4n) is 2.15. The van der Waals surface area contributed by atoms with E-state index in [4.69, 9.17) is 11.6 Å². The molecule has 1 aromatic heterocycles. The Hall–Kier alpha value is -2.31. The van der Waals surface area contributed by atoms with Gasteiger partial charge in [-0.05, 0) is 37.3 Å². The Labute approximate surface area is 147 Å². The molecule has 0 saturated carbocycles. The van der Waals surface area contributed by atoms with Gasteiger partial charge in [0.05, 0.1) is 16.2 Å². The fraction of sp³-hybridized carbons (Fsp3) is 0.118. The summed E-state index contributed by atoms with van der Waals surface area (Å²) >= 11 is 7.10. The van der Waals surface area contributed by atoms with E-state index in [-0.39, 0.29) is 11.5 Å². The number of benzene rings is 2. The van der Waals surface area contributed by atoms with E-state index in [1.165, 1.54) is 11.8 Å². The molecule has 0 aliphatic rings. The summed E-state index contributed by atoms with van der Waals surface area (Å²) in [5.74, 6) is -0.196. The van der Waals surface area contributed by atoms with Crippen molar-refractivity contribution in [2.75, 3.05) is 5.32 Å². The molecule has 1 amide bonds. The molecule has 1 unspecified atom stereocenters. The van der Waals surface area contributed by atoms with Crippen LogP contribution in [0.25, 0.3) is 10.9 Å². The van der Waals surface area contributed by atoms with Crippen LogP contribution < -0.4 is 10.9 Å². The van der Waals surface area contributed by atoms with Crippen LogP contribution >= 0.6 is 23.4 Å². The number of H-pyrrole nitrogens is 1. The number of halogens is 1. The number of nitrogens with zero attached hydrogens (tertiary/aromatic N) is 1. The SMILES string of the molecule is CC(Sc1nc2ccccc2c(=O)[nH]1)C(=O)Nc1cccc(Cl)c1. The van der Waals surface area contributed by atoms with Gasteiger partial charge in [-0.25, -0.2) is 4.98 Å². The Morgan fingerprint density at radius 1 is 1.25 bits per heavy atom. The number of hydrogen-bond acceptors (Lipinski definition) is 4. The number of amides is 1. The number of fused-ring (bicyclic) bond motifs is 1. The average Bonchev–Trinajstić information content (AvgIpc) is 2.55. The summed E-state index contributed by atoms with van der Waals surface area (Å²) in [4.78, 5) is 31.4. The number of thioether (sulfide) groups is 1. The highest BCUT2D eigenvalue weighted by Crippen LogP contribution is 2.22. The first-order valence-electron chi connectivity index (χ1n) is 7.25. The summed E-state index contributed by atoms with van der Waals surface area (Å²) in [5, 5.41) is 3.84. The number of aromatic nitrogens is 2. The lowest BCUT2D eigenvalue weighted by atomic mass is 10.2. The van der Waals surface area contributed by atoms with Gasteiger partial charge in [0.2, 0.25) is 5.91 Å². The van der Waals surface area contributed by atoms with Gasteiger partial charge < -0.3 is 10.3 Å². The number of carbonyl (C=O) groups excluding carboxylic acids is 1. The highest BCUT2D eigenvalue weighted by atomic mass is 35.5. The second kappa shape index (κ2) is 7.07. The van der Waals surface area contributed by atoms with Crippen LogP contribution in [0.5, 0.6) is 0 Å². The average molecular weight is 360 g/mol. The highest BCUT2D eigenvalue weighted by molar-refractivity contribution is 8.00. The summed E-state index contributed by atoms with van der Waals surface area (Å²) in [6.07, 6.45) is 0. The maximum absolute atomic E-state index is 12.3. The van der Waals surface area contributed by atoms with E-state index in [0.717, 1.165) is 0 Å². The Bertz CT molecular complexity index is 958. The van der Waals surface area contributed by atoms with Gasteiger partial charge in [0.25, 0.3) is 5.56 Å². The first-order valence-corrected chi connectivity index (χ1v) is 8.51. The quantitative estimate of drug-likeness (QED) is 0.550. The van der Waals surface area contributed by atoms with Crippen LogP contribution in [-0.2, 0) is 4.79 Å². The largest absolute Gasteiger partial charge is 0.325 e. The molecule has 0 bridgehead atoms. The van der Waals surface area contributed by atoms with Crippen molar-refractivity contribution in [3.63, 3.8) is 0 Å². The Morgan fingerprint density at radius 3 is 2.83 bits per heavy atom. The molecule has 2 aromatic carbocycles. The number of anilines is 1. The number of para-hydroxylation sites is 1. The van der Waals surface area contributed by atoms with Crippen molar-refractivity contribution in [1.29, 1.82) is 0 Å². The fourth-order valence-corrected chi connectivity index (χ4v) is 3.15. The zero-order valence-corrected chi connectivity index (χ0v) is 14.3. The summed E-state index contributed by atoms with van der Waals surface area (Å²) < 4.78 is 0. The van der Waals surface area contributed by atoms with Gasteiger partial charge in [-0.1, -0.05) is 41.6 Å². The van der Waals surface area contributed by atoms with Crippen LogP contribution in [0.3, 0.4) is 0 Å². The lowest BCUT2D eigenvalue weighted by molar-refractivity contribution is -0.115. The van der Waals surface area contributed by atoms with Gasteiger partial charge >= 0.3 is 0 Å². The summed E-state index contributed by atoms with van der Waals surface area (Å²) in [6.45, 7) is 1.75.